The summed E-state index contributed by atoms with van der Waals surface area (Å²) in [5, 5.41) is 5.32. The number of ether oxygens (including phenoxy) is 1. The van der Waals surface area contributed by atoms with Crippen LogP contribution in [-0.4, -0.2) is 18.6 Å². The van der Waals surface area contributed by atoms with Gasteiger partial charge < -0.3 is 19.8 Å². The zero-order valence-corrected chi connectivity index (χ0v) is 14.4. The molecule has 1 aromatic heterocycles. The summed E-state index contributed by atoms with van der Waals surface area (Å²) in [6, 6.07) is 10.4. The van der Waals surface area contributed by atoms with Gasteiger partial charge in [0.15, 0.2) is 0 Å². The molecule has 0 fully saturated rings. The minimum atomic E-state index is -0.688. The Morgan fingerprint density at radius 1 is 1.16 bits per heavy atom. The van der Waals surface area contributed by atoms with Gasteiger partial charge in [-0.25, -0.2) is 9.59 Å². The molecule has 0 aliphatic carbocycles. The van der Waals surface area contributed by atoms with Gasteiger partial charge in [0.05, 0.1) is 12.2 Å². The van der Waals surface area contributed by atoms with E-state index in [1.807, 2.05) is 37.3 Å². The maximum atomic E-state index is 12.3. The number of carbonyl (C=O) groups is 2. The molecule has 1 aliphatic rings. The molecule has 6 heteroatoms. The number of allylic oxidation sites excluding steroid dienone is 1. The van der Waals surface area contributed by atoms with Crippen LogP contribution in [0.3, 0.4) is 0 Å². The maximum absolute atomic E-state index is 12.3. The first kappa shape index (κ1) is 16.8. The van der Waals surface area contributed by atoms with Gasteiger partial charge in [0.25, 0.3) is 0 Å². The van der Waals surface area contributed by atoms with Gasteiger partial charge in [-0.05, 0) is 32.9 Å². The molecular formula is C19H20N2O4. The molecule has 25 heavy (non-hydrogen) atoms. The lowest BCUT2D eigenvalue weighted by Crippen LogP contribution is -2.45. The third kappa shape index (κ3) is 3.42. The van der Waals surface area contributed by atoms with Crippen molar-refractivity contribution in [2.45, 2.75) is 26.8 Å². The molecule has 1 aromatic carbocycles. The van der Waals surface area contributed by atoms with Crippen LogP contribution in [-0.2, 0) is 9.53 Å². The molecule has 6 nitrogen and oxygen atoms in total. The van der Waals surface area contributed by atoms with Crippen molar-refractivity contribution in [3.05, 3.63) is 59.0 Å². The lowest BCUT2D eigenvalue weighted by Gasteiger charge is -2.26. The second kappa shape index (κ2) is 6.84. The van der Waals surface area contributed by atoms with Crippen LogP contribution in [0.15, 0.2) is 52.1 Å². The van der Waals surface area contributed by atoms with E-state index in [4.69, 9.17) is 9.15 Å². The second-order valence-corrected chi connectivity index (χ2v) is 5.86. The van der Waals surface area contributed by atoms with Crippen LogP contribution in [0.4, 0.5) is 4.79 Å². The number of furan rings is 1. The number of rotatable bonds is 4. The third-order valence-corrected chi connectivity index (χ3v) is 4.01. The summed E-state index contributed by atoms with van der Waals surface area (Å²) in [4.78, 5) is 24.1. The SMILES string of the molecule is CCOC(=O)C1=C(C)NC(=O)N[C@H]1c1ccc(-c2ccc(C)cc2)o1. The smallest absolute Gasteiger partial charge is 0.338 e. The monoisotopic (exact) mass is 340 g/mol. The summed E-state index contributed by atoms with van der Waals surface area (Å²) >= 11 is 0. The van der Waals surface area contributed by atoms with E-state index >= 15 is 0 Å². The Kier molecular flexibility index (Phi) is 4.61. The van der Waals surface area contributed by atoms with Gasteiger partial charge in [-0.1, -0.05) is 29.8 Å². The first-order valence-electron chi connectivity index (χ1n) is 8.11. The van der Waals surface area contributed by atoms with Crippen molar-refractivity contribution in [3.63, 3.8) is 0 Å². The molecule has 0 spiro atoms. The minimum Gasteiger partial charge on any atom is -0.463 e. The summed E-state index contributed by atoms with van der Waals surface area (Å²) < 4.78 is 11.0. The van der Waals surface area contributed by atoms with E-state index in [1.54, 1.807) is 19.9 Å². The molecule has 0 unspecified atom stereocenters. The third-order valence-electron chi connectivity index (χ3n) is 4.01. The minimum absolute atomic E-state index is 0.253. The average molecular weight is 340 g/mol. The summed E-state index contributed by atoms with van der Waals surface area (Å²) in [6.07, 6.45) is 0. The molecule has 1 aliphatic heterocycles. The molecule has 0 saturated carbocycles. The van der Waals surface area contributed by atoms with Crippen molar-refractivity contribution in [1.82, 2.24) is 10.6 Å². The largest absolute Gasteiger partial charge is 0.463 e. The Hall–Kier alpha value is -3.02. The van der Waals surface area contributed by atoms with E-state index < -0.39 is 12.0 Å². The highest BCUT2D eigenvalue weighted by Gasteiger charge is 2.34. The van der Waals surface area contributed by atoms with Crippen molar-refractivity contribution in [1.29, 1.82) is 0 Å². The molecule has 2 heterocycles. The molecule has 2 amide bonds. The van der Waals surface area contributed by atoms with E-state index in [2.05, 4.69) is 10.6 Å². The Bertz CT molecular complexity index is 833. The lowest BCUT2D eigenvalue weighted by molar-refractivity contribution is -0.139. The molecule has 3 rings (SSSR count). The summed E-state index contributed by atoms with van der Waals surface area (Å²) in [6.45, 7) is 5.67. The highest BCUT2D eigenvalue weighted by molar-refractivity contribution is 5.94. The van der Waals surface area contributed by atoms with Crippen molar-refractivity contribution < 1.29 is 18.7 Å². The van der Waals surface area contributed by atoms with Crippen LogP contribution < -0.4 is 10.6 Å². The first-order chi connectivity index (χ1) is 12.0. The van der Waals surface area contributed by atoms with Crippen LogP contribution in [0, 0.1) is 6.92 Å². The fourth-order valence-corrected chi connectivity index (χ4v) is 2.77. The van der Waals surface area contributed by atoms with Crippen LogP contribution in [0.5, 0.6) is 0 Å². The van der Waals surface area contributed by atoms with Gasteiger partial charge >= 0.3 is 12.0 Å². The number of esters is 1. The van der Waals surface area contributed by atoms with E-state index in [-0.39, 0.29) is 12.6 Å². The number of nitrogens with one attached hydrogen (secondary N) is 2. The fourth-order valence-electron chi connectivity index (χ4n) is 2.77. The fraction of sp³-hybridized carbons (Fsp3) is 0.263. The Balaban J connectivity index is 1.96. The number of aryl methyl sites for hydroxylation is 1. The second-order valence-electron chi connectivity index (χ2n) is 5.86. The van der Waals surface area contributed by atoms with Crippen molar-refractivity contribution in [2.75, 3.05) is 6.61 Å². The highest BCUT2D eigenvalue weighted by Crippen LogP contribution is 2.32. The summed E-state index contributed by atoms with van der Waals surface area (Å²) in [7, 11) is 0. The quantitative estimate of drug-likeness (QED) is 0.836. The van der Waals surface area contributed by atoms with Crippen LogP contribution in [0.2, 0.25) is 0 Å². The van der Waals surface area contributed by atoms with E-state index in [0.717, 1.165) is 11.1 Å². The molecule has 2 N–H and O–H groups in total. The number of carbonyl (C=O) groups excluding carboxylic acids is 2. The molecule has 1 atom stereocenters. The van der Waals surface area contributed by atoms with Crippen LogP contribution in [0.25, 0.3) is 11.3 Å². The van der Waals surface area contributed by atoms with Gasteiger partial charge in [0, 0.05) is 11.3 Å². The molecule has 2 aromatic rings. The topological polar surface area (TPSA) is 80.6 Å². The van der Waals surface area contributed by atoms with E-state index in [0.29, 0.717) is 22.8 Å². The molecule has 0 radical (unpaired) electrons. The normalized spacial score (nSPS) is 17.1. The standard InChI is InChI=1S/C19H20N2O4/c1-4-24-18(22)16-12(3)20-19(23)21-17(16)15-10-9-14(25-15)13-7-5-11(2)6-8-13/h5-10,17H,4H2,1-3H3,(H2,20,21,23)/t17-/m0/s1. The summed E-state index contributed by atoms with van der Waals surface area (Å²) in [5.74, 6) is 0.669. The predicted molar refractivity (Wildman–Crippen MR) is 92.6 cm³/mol. The molecule has 0 bridgehead atoms. The van der Waals surface area contributed by atoms with Crippen LogP contribution >= 0.6 is 0 Å². The van der Waals surface area contributed by atoms with Crippen molar-refractivity contribution in [2.24, 2.45) is 0 Å². The van der Waals surface area contributed by atoms with Gasteiger partial charge in [-0.15, -0.1) is 0 Å². The molecular weight excluding hydrogens is 320 g/mol. The Labute approximate surface area is 145 Å². The zero-order valence-electron chi connectivity index (χ0n) is 14.4. The van der Waals surface area contributed by atoms with Gasteiger partial charge in [0.2, 0.25) is 0 Å². The van der Waals surface area contributed by atoms with Gasteiger partial charge in [0.1, 0.15) is 17.6 Å². The van der Waals surface area contributed by atoms with E-state index in [9.17, 15) is 9.59 Å². The molecule has 130 valence electrons. The first-order valence-corrected chi connectivity index (χ1v) is 8.11. The highest BCUT2D eigenvalue weighted by atomic mass is 16.5. The Morgan fingerprint density at radius 2 is 1.88 bits per heavy atom. The van der Waals surface area contributed by atoms with Crippen molar-refractivity contribution in [3.8, 4) is 11.3 Å². The number of hydrogen-bond donors (Lipinski definition) is 2. The van der Waals surface area contributed by atoms with E-state index in [1.165, 1.54) is 0 Å². The van der Waals surface area contributed by atoms with Crippen LogP contribution in [0.1, 0.15) is 31.2 Å². The number of hydrogen-bond acceptors (Lipinski definition) is 4. The average Bonchev–Trinajstić information content (AvgIpc) is 3.04. The molecule has 0 saturated heterocycles. The maximum Gasteiger partial charge on any atom is 0.338 e. The predicted octanol–water partition coefficient (Wildman–Crippen LogP) is 3.45. The van der Waals surface area contributed by atoms with Gasteiger partial charge in [-0.3, -0.25) is 0 Å². The zero-order chi connectivity index (χ0) is 18.0. The number of urea groups is 1. The Morgan fingerprint density at radius 3 is 2.56 bits per heavy atom. The van der Waals surface area contributed by atoms with Crippen molar-refractivity contribution >= 4 is 12.0 Å². The lowest BCUT2D eigenvalue weighted by atomic mass is 10.0. The number of amides is 2. The summed E-state index contributed by atoms with van der Waals surface area (Å²) in [5.41, 5.74) is 2.88. The van der Waals surface area contributed by atoms with Gasteiger partial charge in [-0.2, -0.15) is 0 Å². The number of benzene rings is 1.